The molecule has 0 atom stereocenters. The van der Waals surface area contributed by atoms with Gasteiger partial charge in [0.05, 0.1) is 10.7 Å². The minimum atomic E-state index is 0.625. The van der Waals surface area contributed by atoms with E-state index in [1.54, 1.807) is 11.8 Å². The molecule has 0 radical (unpaired) electrons. The van der Waals surface area contributed by atoms with Gasteiger partial charge in [-0.2, -0.15) is 0 Å². The van der Waals surface area contributed by atoms with E-state index in [2.05, 4.69) is 31.2 Å². The minimum absolute atomic E-state index is 0.625. The van der Waals surface area contributed by atoms with Crippen LogP contribution in [-0.2, 0) is 5.75 Å². The summed E-state index contributed by atoms with van der Waals surface area (Å²) in [5, 5.41) is 0.625. The summed E-state index contributed by atoms with van der Waals surface area (Å²) in [6.45, 7) is 2.13. The molecule has 0 spiro atoms. The number of aryl methyl sites for hydroxylation is 1. The average molecular weight is 264 g/mol. The van der Waals surface area contributed by atoms with Gasteiger partial charge < -0.3 is 5.73 Å². The Bertz CT molecular complexity index is 525. The summed E-state index contributed by atoms with van der Waals surface area (Å²) in [4.78, 5) is 1.15. The number of rotatable bonds is 3. The molecule has 0 aromatic heterocycles. The Morgan fingerprint density at radius 3 is 2.65 bits per heavy atom. The summed E-state index contributed by atoms with van der Waals surface area (Å²) in [5.41, 5.74) is 8.98. The lowest BCUT2D eigenvalue weighted by atomic mass is 10.1. The number of nitrogens with two attached hydrogens (primary N) is 1. The van der Waals surface area contributed by atoms with Crippen LogP contribution in [0.3, 0.4) is 0 Å². The van der Waals surface area contributed by atoms with Gasteiger partial charge in [0.1, 0.15) is 0 Å². The molecule has 2 aromatic rings. The zero-order chi connectivity index (χ0) is 12.3. The van der Waals surface area contributed by atoms with Crippen LogP contribution in [0.4, 0.5) is 5.69 Å². The molecule has 0 aliphatic carbocycles. The smallest absolute Gasteiger partial charge is 0.0646 e. The zero-order valence-corrected chi connectivity index (χ0v) is 11.2. The van der Waals surface area contributed by atoms with Gasteiger partial charge in [-0.3, -0.25) is 0 Å². The van der Waals surface area contributed by atoms with Gasteiger partial charge in [0.25, 0.3) is 0 Å². The first-order chi connectivity index (χ1) is 8.16. The van der Waals surface area contributed by atoms with Crippen LogP contribution in [0.5, 0.6) is 0 Å². The maximum Gasteiger partial charge on any atom is 0.0646 e. The first-order valence-electron chi connectivity index (χ1n) is 5.39. The second kappa shape index (κ2) is 5.48. The first-order valence-corrected chi connectivity index (χ1v) is 6.75. The standard InChI is InChI=1S/C14H14ClNS/c1-10-4-2-3-5-11(10)9-17-12-6-7-14(16)13(15)8-12/h2-8H,9,16H2,1H3. The lowest BCUT2D eigenvalue weighted by molar-refractivity contribution is 1.30. The molecule has 0 saturated heterocycles. The van der Waals surface area contributed by atoms with Gasteiger partial charge in [0.15, 0.2) is 0 Å². The van der Waals surface area contributed by atoms with Gasteiger partial charge in [-0.25, -0.2) is 0 Å². The molecule has 2 N–H and O–H groups in total. The summed E-state index contributed by atoms with van der Waals surface area (Å²) in [7, 11) is 0. The monoisotopic (exact) mass is 263 g/mol. The van der Waals surface area contributed by atoms with Crippen LogP contribution < -0.4 is 5.73 Å². The molecular formula is C14H14ClNS. The zero-order valence-electron chi connectivity index (χ0n) is 9.61. The van der Waals surface area contributed by atoms with Crippen molar-refractivity contribution in [3.8, 4) is 0 Å². The Morgan fingerprint density at radius 2 is 1.94 bits per heavy atom. The van der Waals surface area contributed by atoms with E-state index in [0.29, 0.717) is 10.7 Å². The number of benzene rings is 2. The van der Waals surface area contributed by atoms with Crippen molar-refractivity contribution < 1.29 is 0 Å². The molecule has 88 valence electrons. The summed E-state index contributed by atoms with van der Waals surface area (Å²) >= 11 is 7.76. The quantitative estimate of drug-likeness (QED) is 0.651. The topological polar surface area (TPSA) is 26.0 Å². The minimum Gasteiger partial charge on any atom is -0.398 e. The summed E-state index contributed by atoms with van der Waals surface area (Å²) in [5.74, 6) is 0.951. The van der Waals surface area contributed by atoms with Crippen LogP contribution in [0.15, 0.2) is 47.4 Å². The molecule has 0 unspecified atom stereocenters. The number of hydrogen-bond donors (Lipinski definition) is 1. The molecule has 0 saturated carbocycles. The highest BCUT2D eigenvalue weighted by Gasteiger charge is 2.01. The van der Waals surface area contributed by atoms with Gasteiger partial charge in [-0.05, 0) is 36.2 Å². The van der Waals surface area contributed by atoms with Crippen molar-refractivity contribution in [2.75, 3.05) is 5.73 Å². The van der Waals surface area contributed by atoms with E-state index in [0.717, 1.165) is 10.6 Å². The largest absolute Gasteiger partial charge is 0.398 e. The highest BCUT2D eigenvalue weighted by atomic mass is 35.5. The number of hydrogen-bond acceptors (Lipinski definition) is 2. The fourth-order valence-electron chi connectivity index (χ4n) is 1.53. The molecule has 0 amide bonds. The maximum absolute atomic E-state index is 5.99. The van der Waals surface area contributed by atoms with Crippen LogP contribution >= 0.6 is 23.4 Å². The molecule has 0 heterocycles. The van der Waals surface area contributed by atoms with E-state index >= 15 is 0 Å². The van der Waals surface area contributed by atoms with Crippen molar-refractivity contribution in [3.63, 3.8) is 0 Å². The van der Waals surface area contributed by atoms with Crippen molar-refractivity contribution in [2.45, 2.75) is 17.6 Å². The van der Waals surface area contributed by atoms with Crippen molar-refractivity contribution >= 4 is 29.1 Å². The van der Waals surface area contributed by atoms with Gasteiger partial charge in [0, 0.05) is 10.6 Å². The van der Waals surface area contributed by atoms with Gasteiger partial charge in [-0.1, -0.05) is 35.9 Å². The Balaban J connectivity index is 2.08. The van der Waals surface area contributed by atoms with Crippen LogP contribution in [0.2, 0.25) is 5.02 Å². The Morgan fingerprint density at radius 1 is 1.18 bits per heavy atom. The Labute approximate surface area is 111 Å². The lowest BCUT2D eigenvalue weighted by Gasteiger charge is -2.06. The first kappa shape index (κ1) is 12.3. The molecule has 2 rings (SSSR count). The molecule has 0 aliphatic heterocycles. The molecule has 0 bridgehead atoms. The number of halogens is 1. The molecule has 17 heavy (non-hydrogen) atoms. The molecule has 0 aliphatic rings. The Kier molecular flexibility index (Phi) is 3.97. The number of nitrogen functional groups attached to an aromatic ring is 1. The number of thioether (sulfide) groups is 1. The van der Waals surface area contributed by atoms with Crippen LogP contribution in [0.25, 0.3) is 0 Å². The second-order valence-electron chi connectivity index (χ2n) is 3.90. The van der Waals surface area contributed by atoms with Crippen molar-refractivity contribution in [1.29, 1.82) is 0 Å². The van der Waals surface area contributed by atoms with Crippen molar-refractivity contribution in [2.24, 2.45) is 0 Å². The molecule has 2 aromatic carbocycles. The van der Waals surface area contributed by atoms with Crippen LogP contribution in [0, 0.1) is 6.92 Å². The lowest BCUT2D eigenvalue weighted by Crippen LogP contribution is -1.87. The van der Waals surface area contributed by atoms with E-state index in [-0.39, 0.29) is 0 Å². The van der Waals surface area contributed by atoms with E-state index in [9.17, 15) is 0 Å². The molecule has 1 nitrogen and oxygen atoms in total. The van der Waals surface area contributed by atoms with Gasteiger partial charge >= 0.3 is 0 Å². The predicted molar refractivity (Wildman–Crippen MR) is 76.6 cm³/mol. The van der Waals surface area contributed by atoms with E-state index in [4.69, 9.17) is 17.3 Å². The number of anilines is 1. The highest BCUT2D eigenvalue weighted by molar-refractivity contribution is 7.98. The molecule has 3 heteroatoms. The van der Waals surface area contributed by atoms with E-state index < -0.39 is 0 Å². The SMILES string of the molecule is Cc1ccccc1CSc1ccc(N)c(Cl)c1. The summed E-state index contributed by atoms with van der Waals surface area (Å²) in [6, 6.07) is 14.2. The Hall–Kier alpha value is -1.12. The molecular weight excluding hydrogens is 250 g/mol. The highest BCUT2D eigenvalue weighted by Crippen LogP contribution is 2.29. The predicted octanol–water partition coefficient (Wildman–Crippen LogP) is 4.52. The summed E-state index contributed by atoms with van der Waals surface area (Å²) < 4.78 is 0. The molecule has 0 fully saturated rings. The average Bonchev–Trinajstić information content (AvgIpc) is 2.32. The van der Waals surface area contributed by atoms with Crippen molar-refractivity contribution in [1.82, 2.24) is 0 Å². The fourth-order valence-corrected chi connectivity index (χ4v) is 2.79. The van der Waals surface area contributed by atoms with Gasteiger partial charge in [-0.15, -0.1) is 11.8 Å². The second-order valence-corrected chi connectivity index (χ2v) is 5.35. The third-order valence-corrected chi connectivity index (χ3v) is 4.00. The summed E-state index contributed by atoms with van der Waals surface area (Å²) in [6.07, 6.45) is 0. The van der Waals surface area contributed by atoms with Gasteiger partial charge in [0.2, 0.25) is 0 Å². The van der Waals surface area contributed by atoms with Crippen LogP contribution in [-0.4, -0.2) is 0 Å². The third kappa shape index (κ3) is 3.18. The van der Waals surface area contributed by atoms with Crippen molar-refractivity contribution in [3.05, 3.63) is 58.6 Å². The van der Waals surface area contributed by atoms with E-state index in [1.165, 1.54) is 11.1 Å². The normalized spacial score (nSPS) is 10.5. The fraction of sp³-hybridized carbons (Fsp3) is 0.143. The maximum atomic E-state index is 5.99. The third-order valence-electron chi connectivity index (χ3n) is 2.63. The van der Waals surface area contributed by atoms with Crippen LogP contribution in [0.1, 0.15) is 11.1 Å². The van der Waals surface area contributed by atoms with E-state index in [1.807, 2.05) is 18.2 Å².